The number of hydrogen-bond acceptors (Lipinski definition) is 5. The van der Waals surface area contributed by atoms with Crippen molar-refractivity contribution >= 4 is 17.5 Å². The van der Waals surface area contributed by atoms with Crippen LogP contribution in [0, 0.1) is 22.2 Å². The maximum absolute atomic E-state index is 14.0. The molecule has 3 aliphatic carbocycles. The highest BCUT2D eigenvalue weighted by Crippen LogP contribution is 2.59. The molecule has 36 heavy (non-hydrogen) atoms. The van der Waals surface area contributed by atoms with E-state index in [2.05, 4.69) is 16.3 Å². The average Bonchev–Trinajstić information content (AvgIpc) is 3.68. The Morgan fingerprint density at radius 3 is 2.44 bits per heavy atom. The van der Waals surface area contributed by atoms with Crippen LogP contribution in [0.2, 0.25) is 5.02 Å². The molecule has 3 saturated carbocycles. The van der Waals surface area contributed by atoms with E-state index in [-0.39, 0.29) is 43.2 Å². The van der Waals surface area contributed by atoms with Gasteiger partial charge in [0.05, 0.1) is 18.3 Å². The molecule has 2 aliphatic heterocycles. The minimum Gasteiger partial charge on any atom is -0.340 e. The van der Waals surface area contributed by atoms with E-state index in [1.807, 2.05) is 10.6 Å². The summed E-state index contributed by atoms with van der Waals surface area (Å²) in [6.45, 7) is 1.52. The number of carbonyl (C=O) groups is 1. The second-order valence-electron chi connectivity index (χ2n) is 11.4. The first-order valence-corrected chi connectivity index (χ1v) is 12.7. The summed E-state index contributed by atoms with van der Waals surface area (Å²) in [7, 11) is 0. The lowest BCUT2D eigenvalue weighted by molar-refractivity contribution is -0.200. The zero-order chi connectivity index (χ0) is 25.1. The van der Waals surface area contributed by atoms with Gasteiger partial charge in [0.2, 0.25) is 5.91 Å². The Bertz CT molecular complexity index is 1320. The molecule has 0 bridgehead atoms. The van der Waals surface area contributed by atoms with Gasteiger partial charge < -0.3 is 4.90 Å². The molecule has 1 spiro atoms. The van der Waals surface area contributed by atoms with Crippen LogP contribution < -0.4 is 0 Å². The summed E-state index contributed by atoms with van der Waals surface area (Å²) >= 11 is 6.26. The Hall–Kier alpha value is -2.64. The first kappa shape index (κ1) is 22.5. The number of nitrogens with zero attached hydrogens (tertiary/aromatic N) is 6. The fourth-order valence-electron chi connectivity index (χ4n) is 6.63. The van der Waals surface area contributed by atoms with Gasteiger partial charge in [-0.1, -0.05) is 11.6 Å². The normalized spacial score (nSPS) is 25.1. The molecule has 0 radical (unpaired) electrons. The largest absolute Gasteiger partial charge is 0.406 e. The van der Waals surface area contributed by atoms with Gasteiger partial charge in [-0.2, -0.15) is 18.4 Å². The fraction of sp³-hybridized carbons (Fsp3) is 0.600. The number of halogens is 4. The van der Waals surface area contributed by atoms with Crippen molar-refractivity contribution in [3.63, 3.8) is 0 Å². The quantitative estimate of drug-likeness (QED) is 0.606. The number of aromatic nitrogens is 3. The highest BCUT2D eigenvalue weighted by atomic mass is 35.5. The lowest BCUT2D eigenvalue weighted by atomic mass is 9.57. The number of carbonyl (C=O) groups excluding carboxylic acids is 1. The molecule has 0 N–H and O–H groups in total. The smallest absolute Gasteiger partial charge is 0.340 e. The molecular formula is C25H24ClF3N6O. The maximum atomic E-state index is 14.0. The summed E-state index contributed by atoms with van der Waals surface area (Å²) in [5, 5.41) is 18.6. The Morgan fingerprint density at radius 2 is 1.83 bits per heavy atom. The molecule has 5 aliphatic rings. The van der Waals surface area contributed by atoms with Crippen LogP contribution in [-0.2, 0) is 17.9 Å². The number of alkyl halides is 3. The van der Waals surface area contributed by atoms with Gasteiger partial charge in [-0.25, -0.2) is 0 Å². The van der Waals surface area contributed by atoms with E-state index in [1.165, 1.54) is 4.90 Å². The molecule has 2 aromatic rings. The maximum Gasteiger partial charge on any atom is 0.406 e. The van der Waals surface area contributed by atoms with Crippen LogP contribution in [-0.4, -0.2) is 55.3 Å². The Kier molecular flexibility index (Phi) is 4.39. The van der Waals surface area contributed by atoms with E-state index in [0.717, 1.165) is 29.9 Å². The van der Waals surface area contributed by atoms with Crippen LogP contribution in [0.1, 0.15) is 61.7 Å². The summed E-state index contributed by atoms with van der Waals surface area (Å²) in [4.78, 5) is 15.9. The second-order valence-corrected chi connectivity index (χ2v) is 11.9. The lowest BCUT2D eigenvalue weighted by Gasteiger charge is -2.59. The summed E-state index contributed by atoms with van der Waals surface area (Å²) in [6, 6.07) is 7.52. The van der Waals surface area contributed by atoms with Crippen molar-refractivity contribution in [1.29, 1.82) is 5.26 Å². The molecule has 1 aromatic carbocycles. The van der Waals surface area contributed by atoms with E-state index in [9.17, 15) is 23.2 Å². The third kappa shape index (κ3) is 3.05. The zero-order valence-electron chi connectivity index (χ0n) is 19.5. The number of rotatable bonds is 3. The van der Waals surface area contributed by atoms with Crippen LogP contribution in [0.5, 0.6) is 0 Å². The summed E-state index contributed by atoms with van der Waals surface area (Å²) in [5.74, 6) is 1.35. The molecule has 11 heteroatoms. The molecule has 4 fully saturated rings. The van der Waals surface area contributed by atoms with Crippen LogP contribution in [0.25, 0.3) is 5.69 Å². The zero-order valence-corrected chi connectivity index (χ0v) is 20.2. The third-order valence-corrected chi connectivity index (χ3v) is 9.26. The molecule has 7 rings (SSSR count). The molecule has 1 saturated heterocycles. The van der Waals surface area contributed by atoms with Gasteiger partial charge in [-0.05, 0) is 62.3 Å². The van der Waals surface area contributed by atoms with Gasteiger partial charge in [-0.15, -0.1) is 10.2 Å². The van der Waals surface area contributed by atoms with Crippen molar-refractivity contribution in [2.75, 3.05) is 13.1 Å². The predicted molar refractivity (Wildman–Crippen MR) is 122 cm³/mol. The highest BCUT2D eigenvalue weighted by molar-refractivity contribution is 6.30. The molecule has 0 unspecified atom stereocenters. The van der Waals surface area contributed by atoms with Gasteiger partial charge >= 0.3 is 6.18 Å². The first-order valence-electron chi connectivity index (χ1n) is 12.3. The number of benzene rings is 1. The standard InChI is InChI=1S/C25H24ClF3N6O/c26-17-1-2-18-15(7-17)10-34(24(5-6-24)25(27,28)29)11-19-31-32-20(35(18)19)16-8-22(9-16)13-33(14-22)21(36)23(12-30)3-4-23/h1-2,7,16H,3-6,8-11,13-14H2. The van der Waals surface area contributed by atoms with Crippen molar-refractivity contribution in [2.45, 2.75) is 69.2 Å². The van der Waals surface area contributed by atoms with Gasteiger partial charge in [-0.3, -0.25) is 14.3 Å². The van der Waals surface area contributed by atoms with Crippen LogP contribution in [0.15, 0.2) is 18.2 Å². The van der Waals surface area contributed by atoms with E-state index in [1.54, 1.807) is 17.0 Å². The first-order chi connectivity index (χ1) is 17.1. The highest BCUT2D eigenvalue weighted by Gasteiger charge is 2.67. The van der Waals surface area contributed by atoms with Gasteiger partial charge in [0.1, 0.15) is 16.8 Å². The fourth-order valence-corrected chi connectivity index (χ4v) is 6.82. The Labute approximate surface area is 210 Å². The van der Waals surface area contributed by atoms with Crippen LogP contribution >= 0.6 is 11.6 Å². The Balaban J connectivity index is 1.15. The number of hydrogen-bond donors (Lipinski definition) is 0. The van der Waals surface area contributed by atoms with Crippen molar-refractivity contribution < 1.29 is 18.0 Å². The Morgan fingerprint density at radius 1 is 1.11 bits per heavy atom. The van der Waals surface area contributed by atoms with Crippen molar-refractivity contribution in [3.8, 4) is 11.8 Å². The monoisotopic (exact) mass is 516 g/mol. The van der Waals surface area contributed by atoms with Crippen molar-refractivity contribution in [1.82, 2.24) is 24.6 Å². The van der Waals surface area contributed by atoms with Crippen LogP contribution in [0.3, 0.4) is 0 Å². The van der Waals surface area contributed by atoms with E-state index >= 15 is 0 Å². The van der Waals surface area contributed by atoms with Crippen molar-refractivity contribution in [2.24, 2.45) is 10.8 Å². The SMILES string of the molecule is N#CC1(C(=O)N2CC3(CC(c4nnc5n4-c4ccc(Cl)cc4CN(C4(C(F)(F)F)CC4)C5)C3)C2)CC1. The summed E-state index contributed by atoms with van der Waals surface area (Å²) in [6.07, 6.45) is -1.17. The number of likely N-dealkylation sites (tertiary alicyclic amines) is 1. The minimum absolute atomic E-state index is 0.0339. The average molecular weight is 517 g/mol. The number of nitriles is 1. The minimum atomic E-state index is -4.32. The van der Waals surface area contributed by atoms with Crippen molar-refractivity contribution in [3.05, 3.63) is 40.4 Å². The molecule has 3 heterocycles. The molecule has 7 nitrogen and oxygen atoms in total. The topological polar surface area (TPSA) is 78.0 Å². The summed E-state index contributed by atoms with van der Waals surface area (Å²) in [5.41, 5.74) is -1.06. The third-order valence-electron chi connectivity index (χ3n) is 9.02. The number of amides is 1. The molecule has 188 valence electrons. The van der Waals surface area contributed by atoms with E-state index in [0.29, 0.717) is 36.8 Å². The number of fused-ring (bicyclic) bond motifs is 3. The van der Waals surface area contributed by atoms with E-state index < -0.39 is 17.1 Å². The van der Waals surface area contributed by atoms with Gasteiger partial charge in [0.15, 0.2) is 5.82 Å². The molecule has 0 atom stereocenters. The molecule has 1 amide bonds. The molecular weight excluding hydrogens is 493 g/mol. The molecule has 1 aromatic heterocycles. The predicted octanol–water partition coefficient (Wildman–Crippen LogP) is 4.34. The van der Waals surface area contributed by atoms with Crippen LogP contribution in [0.4, 0.5) is 13.2 Å². The second kappa shape index (κ2) is 7.01. The van der Waals surface area contributed by atoms with E-state index in [4.69, 9.17) is 11.6 Å². The van der Waals surface area contributed by atoms with Gasteiger partial charge in [0.25, 0.3) is 0 Å². The summed E-state index contributed by atoms with van der Waals surface area (Å²) < 4.78 is 44.0. The van der Waals surface area contributed by atoms with Gasteiger partial charge in [0, 0.05) is 36.0 Å². The lowest BCUT2D eigenvalue weighted by Crippen LogP contribution is -2.64.